The van der Waals surface area contributed by atoms with Crippen molar-refractivity contribution < 1.29 is 14.1 Å². The van der Waals surface area contributed by atoms with Crippen molar-refractivity contribution >= 4 is 58.2 Å². The van der Waals surface area contributed by atoms with Gasteiger partial charge in [-0.15, -0.1) is 0 Å². The van der Waals surface area contributed by atoms with Gasteiger partial charge in [-0.2, -0.15) is 0 Å². The highest BCUT2D eigenvalue weighted by atomic mass is 35.5. The molecule has 178 valence electrons. The number of nitrogens with zero attached hydrogens (tertiary/aromatic N) is 2. The Morgan fingerprint density at radius 2 is 1.61 bits per heavy atom. The summed E-state index contributed by atoms with van der Waals surface area (Å²) in [6.45, 7) is 0.988. The second kappa shape index (κ2) is 10.1. The largest absolute Gasteiger partial charge is 0.364 e. The van der Waals surface area contributed by atoms with E-state index >= 15 is 0 Å². The number of carbonyl (C=O) groups is 2. The number of primary amides is 1. The molecule has 1 aliphatic carbocycles. The molecule has 0 saturated heterocycles. The van der Waals surface area contributed by atoms with Gasteiger partial charge in [0.2, 0.25) is 0 Å². The van der Waals surface area contributed by atoms with Gasteiger partial charge < -0.3 is 10.6 Å². The zero-order chi connectivity index (χ0) is 24.6. The second-order valence-corrected chi connectivity index (χ2v) is 10.9. The first-order valence-corrected chi connectivity index (χ1v) is 12.2. The molecule has 2 atom stereocenters. The number of halogens is 4. The van der Waals surface area contributed by atoms with Gasteiger partial charge in [0.05, 0.1) is 13.6 Å². The Morgan fingerprint density at radius 1 is 1.03 bits per heavy atom. The molecule has 3 rings (SSSR count). The number of benzene rings is 2. The molecule has 0 heterocycles. The lowest BCUT2D eigenvalue weighted by molar-refractivity contribution is -0.851. The van der Waals surface area contributed by atoms with E-state index in [0.29, 0.717) is 51.6 Å². The molecule has 5 nitrogen and oxygen atoms in total. The van der Waals surface area contributed by atoms with E-state index in [0.717, 1.165) is 5.56 Å². The van der Waals surface area contributed by atoms with Crippen LogP contribution in [0.3, 0.4) is 0 Å². The first-order chi connectivity index (χ1) is 15.4. The lowest BCUT2D eigenvalue weighted by atomic mass is 9.90. The molecule has 1 unspecified atom stereocenters. The number of amides is 2. The van der Waals surface area contributed by atoms with Gasteiger partial charge in [0, 0.05) is 33.1 Å². The van der Waals surface area contributed by atoms with Crippen LogP contribution in [0.5, 0.6) is 0 Å². The average molecular weight is 532 g/mol. The van der Waals surface area contributed by atoms with E-state index in [4.69, 9.17) is 52.1 Å². The molecular weight excluding hydrogens is 504 g/mol. The third-order valence-corrected chi connectivity index (χ3v) is 7.66. The maximum atomic E-state index is 14.3. The van der Waals surface area contributed by atoms with Crippen molar-refractivity contribution in [3.05, 3.63) is 67.6 Å². The minimum atomic E-state index is -0.820. The predicted octanol–water partition coefficient (Wildman–Crippen LogP) is 4.96. The molecule has 0 bridgehead atoms. The molecule has 1 fully saturated rings. The van der Waals surface area contributed by atoms with Gasteiger partial charge in [0.25, 0.3) is 5.91 Å². The van der Waals surface area contributed by atoms with Crippen molar-refractivity contribution in [1.82, 2.24) is 4.90 Å². The second-order valence-electron chi connectivity index (χ2n) is 9.16. The van der Waals surface area contributed by atoms with Crippen molar-refractivity contribution in [1.29, 1.82) is 0 Å². The summed E-state index contributed by atoms with van der Waals surface area (Å²) in [4.78, 5) is 29.1. The van der Waals surface area contributed by atoms with E-state index in [1.807, 2.05) is 19.0 Å². The van der Waals surface area contributed by atoms with Gasteiger partial charge in [-0.3, -0.25) is 9.28 Å². The van der Waals surface area contributed by atoms with Crippen LogP contribution in [0.2, 0.25) is 20.1 Å². The minimum Gasteiger partial charge on any atom is -0.364 e. The van der Waals surface area contributed by atoms with Gasteiger partial charge in [-0.1, -0.05) is 58.5 Å². The summed E-state index contributed by atoms with van der Waals surface area (Å²) in [6, 6.07) is 9.47. The molecule has 0 aromatic heterocycles. The Hall–Kier alpha value is -1.34. The molecule has 1 saturated carbocycles. The molecule has 0 spiro atoms. The lowest BCUT2D eigenvalue weighted by Gasteiger charge is -2.40. The standard InChI is InChI=1S/C24H27Cl4N3O2/c1-30(2)10-11-31(3,21(22(29)32)12-15-4-5-16(25)13-19(15)27)23(33)24(8-9-24)18-7-6-17(26)14-20(18)28/h4-7,13-14,21H,8-12H2,1-3H3,(H-,29,32)/p+1/t21-,31?/m0/s1. The molecular formula is C24H28Cl4N3O2+. The fourth-order valence-electron chi connectivity index (χ4n) is 4.37. The Morgan fingerprint density at radius 3 is 2.09 bits per heavy atom. The van der Waals surface area contributed by atoms with Crippen molar-refractivity contribution in [2.24, 2.45) is 5.73 Å². The molecule has 9 heteroatoms. The highest BCUT2D eigenvalue weighted by Crippen LogP contribution is 2.53. The van der Waals surface area contributed by atoms with Crippen LogP contribution in [0, 0.1) is 0 Å². The zero-order valence-electron chi connectivity index (χ0n) is 18.9. The lowest BCUT2D eigenvalue weighted by Crippen LogP contribution is -2.66. The van der Waals surface area contributed by atoms with Crippen LogP contribution in [0.15, 0.2) is 36.4 Å². The van der Waals surface area contributed by atoms with Gasteiger partial charge in [0.15, 0.2) is 6.04 Å². The quantitative estimate of drug-likeness (QED) is 0.465. The van der Waals surface area contributed by atoms with Crippen molar-refractivity contribution in [3.63, 3.8) is 0 Å². The number of hydrogen-bond acceptors (Lipinski definition) is 3. The molecule has 2 N–H and O–H groups in total. The van der Waals surface area contributed by atoms with E-state index < -0.39 is 17.4 Å². The summed E-state index contributed by atoms with van der Waals surface area (Å²) >= 11 is 25.0. The molecule has 33 heavy (non-hydrogen) atoms. The summed E-state index contributed by atoms with van der Waals surface area (Å²) in [5.74, 6) is -0.643. The number of carbonyl (C=O) groups excluding carboxylic acids is 2. The normalized spacial score (nSPS) is 17.5. The van der Waals surface area contributed by atoms with Crippen LogP contribution in [0.1, 0.15) is 24.0 Å². The summed E-state index contributed by atoms with van der Waals surface area (Å²) in [6.07, 6.45) is 1.51. The summed E-state index contributed by atoms with van der Waals surface area (Å²) < 4.78 is -0.161. The Kier molecular flexibility index (Phi) is 8.04. The fourth-order valence-corrected chi connectivity index (χ4v) is 5.45. The van der Waals surface area contributed by atoms with Crippen molar-refractivity contribution in [2.75, 3.05) is 34.2 Å². The smallest absolute Gasteiger partial charge is 0.324 e. The molecule has 2 amide bonds. The highest BCUT2D eigenvalue weighted by Gasteiger charge is 2.62. The van der Waals surface area contributed by atoms with Crippen molar-refractivity contribution in [2.45, 2.75) is 30.7 Å². The fraction of sp³-hybridized carbons (Fsp3) is 0.417. The van der Waals surface area contributed by atoms with E-state index in [2.05, 4.69) is 0 Å². The number of likely N-dealkylation sites (N-methyl/N-ethyl adjacent to an activating group) is 2. The SMILES string of the molecule is CN(C)CC[N+](C)(C(=O)C1(c2ccc(Cl)cc2Cl)CC1)[C@@H](Cc1ccc(Cl)cc1Cl)C(N)=O. The first kappa shape index (κ1) is 26.3. The Balaban J connectivity index is 2.06. The molecule has 0 radical (unpaired) electrons. The van der Waals surface area contributed by atoms with E-state index in [1.54, 1.807) is 43.4 Å². The minimum absolute atomic E-state index is 0.0811. The third-order valence-electron chi connectivity index (χ3n) is 6.53. The van der Waals surface area contributed by atoms with E-state index in [1.165, 1.54) is 0 Å². The number of rotatable bonds is 9. The van der Waals surface area contributed by atoms with Crippen LogP contribution in [0.25, 0.3) is 0 Å². The highest BCUT2D eigenvalue weighted by molar-refractivity contribution is 6.35. The van der Waals surface area contributed by atoms with Crippen LogP contribution >= 0.6 is 46.4 Å². The third kappa shape index (κ3) is 5.50. The van der Waals surface area contributed by atoms with Gasteiger partial charge in [-0.25, -0.2) is 4.79 Å². The Labute approximate surface area is 214 Å². The van der Waals surface area contributed by atoms with E-state index in [9.17, 15) is 9.59 Å². The van der Waals surface area contributed by atoms with E-state index in [-0.39, 0.29) is 16.8 Å². The van der Waals surface area contributed by atoms with Crippen LogP contribution in [-0.2, 0) is 21.4 Å². The summed E-state index contributed by atoms with van der Waals surface area (Å²) in [7, 11) is 5.63. The first-order valence-electron chi connectivity index (χ1n) is 10.6. The average Bonchev–Trinajstić information content (AvgIpc) is 3.52. The molecule has 1 aliphatic rings. The van der Waals surface area contributed by atoms with Crippen molar-refractivity contribution in [3.8, 4) is 0 Å². The topological polar surface area (TPSA) is 63.4 Å². The number of nitrogens with two attached hydrogens (primary N) is 1. The molecule has 2 aromatic carbocycles. The predicted molar refractivity (Wildman–Crippen MR) is 135 cm³/mol. The maximum Gasteiger partial charge on any atom is 0.324 e. The van der Waals surface area contributed by atoms with Crippen LogP contribution in [-0.4, -0.2) is 61.5 Å². The zero-order valence-corrected chi connectivity index (χ0v) is 21.9. The van der Waals surface area contributed by atoms with Gasteiger partial charge >= 0.3 is 5.91 Å². The molecule has 2 aromatic rings. The van der Waals surface area contributed by atoms with Crippen LogP contribution in [0.4, 0.5) is 0 Å². The summed E-state index contributed by atoms with van der Waals surface area (Å²) in [5.41, 5.74) is 6.58. The Bertz CT molecular complexity index is 1070. The van der Waals surface area contributed by atoms with Gasteiger partial charge in [-0.05, 0) is 62.3 Å². The number of hydrogen-bond donors (Lipinski definition) is 1. The molecule has 0 aliphatic heterocycles. The number of quaternary nitrogens is 1. The maximum absolute atomic E-state index is 14.3. The van der Waals surface area contributed by atoms with Gasteiger partial charge in [0.1, 0.15) is 5.41 Å². The summed E-state index contributed by atoms with van der Waals surface area (Å²) in [5, 5.41) is 1.88. The van der Waals surface area contributed by atoms with Crippen LogP contribution < -0.4 is 5.73 Å². The monoisotopic (exact) mass is 530 g/mol.